The van der Waals surface area contributed by atoms with E-state index in [2.05, 4.69) is 19.2 Å². The lowest BCUT2D eigenvalue weighted by molar-refractivity contribution is -0.123. The normalized spacial score (nSPS) is 35.7. The Hall–Kier alpha value is -0.570. The van der Waals surface area contributed by atoms with Crippen LogP contribution in [0.4, 0.5) is 0 Å². The number of hydrogen-bond donors (Lipinski definition) is 2. The maximum Gasteiger partial charge on any atom is 0.220 e. The Bertz CT molecular complexity index is 292. The van der Waals surface area contributed by atoms with E-state index >= 15 is 0 Å². The van der Waals surface area contributed by atoms with Gasteiger partial charge < -0.3 is 10.4 Å². The van der Waals surface area contributed by atoms with E-state index in [1.54, 1.807) is 0 Å². The van der Waals surface area contributed by atoms with Crippen LogP contribution in [0.1, 0.15) is 52.4 Å². The fourth-order valence-corrected chi connectivity index (χ4v) is 4.05. The molecule has 18 heavy (non-hydrogen) atoms. The monoisotopic (exact) mass is 253 g/mol. The van der Waals surface area contributed by atoms with Gasteiger partial charge in [-0.3, -0.25) is 4.79 Å². The second-order valence-electron chi connectivity index (χ2n) is 6.37. The van der Waals surface area contributed by atoms with Crippen molar-refractivity contribution < 1.29 is 9.90 Å². The molecule has 0 aliphatic heterocycles. The number of amides is 1. The molecule has 0 aromatic carbocycles. The average molecular weight is 253 g/mol. The van der Waals surface area contributed by atoms with Gasteiger partial charge in [0, 0.05) is 25.0 Å². The second-order valence-corrected chi connectivity index (χ2v) is 6.37. The maximum atomic E-state index is 12.0. The summed E-state index contributed by atoms with van der Waals surface area (Å²) in [7, 11) is 0. The molecule has 104 valence electrons. The van der Waals surface area contributed by atoms with E-state index in [1.807, 2.05) is 0 Å². The molecule has 2 bridgehead atoms. The van der Waals surface area contributed by atoms with Crippen LogP contribution in [-0.4, -0.2) is 23.7 Å². The van der Waals surface area contributed by atoms with Crippen LogP contribution >= 0.6 is 0 Å². The summed E-state index contributed by atoms with van der Waals surface area (Å²) in [4.78, 5) is 12.0. The highest BCUT2D eigenvalue weighted by Crippen LogP contribution is 2.48. The van der Waals surface area contributed by atoms with E-state index in [4.69, 9.17) is 0 Å². The van der Waals surface area contributed by atoms with Crippen LogP contribution in [0.15, 0.2) is 0 Å². The molecule has 2 aliphatic rings. The molecule has 2 rings (SSSR count). The van der Waals surface area contributed by atoms with Crippen molar-refractivity contribution in [3.8, 4) is 0 Å². The van der Waals surface area contributed by atoms with Crippen molar-refractivity contribution in [2.24, 2.45) is 23.7 Å². The molecule has 3 heteroatoms. The van der Waals surface area contributed by atoms with Crippen LogP contribution in [0.2, 0.25) is 0 Å². The molecule has 0 spiro atoms. The Balaban J connectivity index is 1.83. The van der Waals surface area contributed by atoms with E-state index in [0.29, 0.717) is 30.1 Å². The van der Waals surface area contributed by atoms with Crippen LogP contribution in [0.5, 0.6) is 0 Å². The SMILES string of the molecule is CCCC(C)CC(=O)NC1C2CCC(C2)C1CO. The number of aliphatic hydroxyl groups excluding tert-OH is 1. The van der Waals surface area contributed by atoms with Gasteiger partial charge in [-0.05, 0) is 37.0 Å². The molecular weight excluding hydrogens is 226 g/mol. The van der Waals surface area contributed by atoms with Gasteiger partial charge >= 0.3 is 0 Å². The van der Waals surface area contributed by atoms with Crippen LogP contribution in [0.25, 0.3) is 0 Å². The Morgan fingerprint density at radius 3 is 2.78 bits per heavy atom. The molecular formula is C15H27NO2. The first-order chi connectivity index (χ1) is 8.65. The molecule has 5 unspecified atom stereocenters. The van der Waals surface area contributed by atoms with Crippen LogP contribution in [-0.2, 0) is 4.79 Å². The predicted octanol–water partition coefficient (Wildman–Crippen LogP) is 2.34. The minimum Gasteiger partial charge on any atom is -0.396 e. The summed E-state index contributed by atoms with van der Waals surface area (Å²) in [6.45, 7) is 4.54. The summed E-state index contributed by atoms with van der Waals surface area (Å²) in [5, 5.41) is 12.7. The fourth-order valence-electron chi connectivity index (χ4n) is 4.05. The Morgan fingerprint density at radius 2 is 2.11 bits per heavy atom. The summed E-state index contributed by atoms with van der Waals surface area (Å²) in [6, 6.07) is 0.245. The van der Waals surface area contributed by atoms with E-state index in [-0.39, 0.29) is 18.6 Å². The summed E-state index contributed by atoms with van der Waals surface area (Å²) >= 11 is 0. The van der Waals surface area contributed by atoms with Crippen molar-refractivity contribution in [1.82, 2.24) is 5.32 Å². The highest BCUT2D eigenvalue weighted by Gasteiger charge is 2.47. The fraction of sp³-hybridized carbons (Fsp3) is 0.933. The summed E-state index contributed by atoms with van der Waals surface area (Å²) in [5.41, 5.74) is 0. The number of carbonyl (C=O) groups excluding carboxylic acids is 1. The van der Waals surface area contributed by atoms with E-state index in [0.717, 1.165) is 12.8 Å². The quantitative estimate of drug-likeness (QED) is 0.763. The van der Waals surface area contributed by atoms with E-state index < -0.39 is 0 Å². The number of fused-ring (bicyclic) bond motifs is 2. The molecule has 0 aromatic heterocycles. The van der Waals surface area contributed by atoms with Gasteiger partial charge in [0.15, 0.2) is 0 Å². The first-order valence-corrected chi connectivity index (χ1v) is 7.55. The second kappa shape index (κ2) is 6.05. The van der Waals surface area contributed by atoms with Crippen molar-refractivity contribution in [2.45, 2.75) is 58.4 Å². The molecule has 2 saturated carbocycles. The molecule has 2 fully saturated rings. The third-order valence-corrected chi connectivity index (χ3v) is 4.94. The van der Waals surface area contributed by atoms with Crippen LogP contribution < -0.4 is 5.32 Å². The largest absolute Gasteiger partial charge is 0.396 e. The van der Waals surface area contributed by atoms with E-state index in [9.17, 15) is 9.90 Å². The van der Waals surface area contributed by atoms with Gasteiger partial charge in [-0.1, -0.05) is 26.7 Å². The van der Waals surface area contributed by atoms with Crippen molar-refractivity contribution in [1.29, 1.82) is 0 Å². The number of aliphatic hydroxyl groups is 1. The van der Waals surface area contributed by atoms with Gasteiger partial charge in [0.25, 0.3) is 0 Å². The Morgan fingerprint density at radius 1 is 1.39 bits per heavy atom. The number of rotatable bonds is 6. The van der Waals surface area contributed by atoms with Crippen molar-refractivity contribution in [3.05, 3.63) is 0 Å². The van der Waals surface area contributed by atoms with Gasteiger partial charge in [-0.2, -0.15) is 0 Å². The first kappa shape index (κ1) is 13.9. The molecule has 0 heterocycles. The maximum absolute atomic E-state index is 12.0. The van der Waals surface area contributed by atoms with E-state index in [1.165, 1.54) is 19.3 Å². The number of hydrogen-bond acceptors (Lipinski definition) is 2. The summed E-state index contributed by atoms with van der Waals surface area (Å²) in [6.07, 6.45) is 6.58. The lowest BCUT2D eigenvalue weighted by Crippen LogP contribution is -2.45. The molecule has 0 saturated heterocycles. The number of nitrogens with one attached hydrogen (secondary N) is 1. The number of carbonyl (C=O) groups is 1. The zero-order valence-electron chi connectivity index (χ0n) is 11.7. The molecule has 2 N–H and O–H groups in total. The minimum atomic E-state index is 0.187. The highest BCUT2D eigenvalue weighted by atomic mass is 16.3. The first-order valence-electron chi connectivity index (χ1n) is 7.55. The smallest absolute Gasteiger partial charge is 0.220 e. The molecule has 5 atom stereocenters. The predicted molar refractivity (Wildman–Crippen MR) is 72.0 cm³/mol. The lowest BCUT2D eigenvalue weighted by atomic mass is 9.85. The van der Waals surface area contributed by atoms with Gasteiger partial charge in [-0.15, -0.1) is 0 Å². The standard InChI is InChI=1S/C15H27NO2/c1-3-4-10(2)7-14(18)16-15-12-6-5-11(8-12)13(15)9-17/h10-13,15,17H,3-9H2,1-2H3,(H,16,18). The third kappa shape index (κ3) is 2.87. The van der Waals surface area contributed by atoms with Gasteiger partial charge in [0.1, 0.15) is 0 Å². The molecule has 0 radical (unpaired) electrons. The molecule has 3 nitrogen and oxygen atoms in total. The van der Waals surface area contributed by atoms with Crippen LogP contribution in [0, 0.1) is 23.7 Å². The molecule has 2 aliphatic carbocycles. The highest BCUT2D eigenvalue weighted by molar-refractivity contribution is 5.76. The van der Waals surface area contributed by atoms with Gasteiger partial charge in [0.05, 0.1) is 0 Å². The van der Waals surface area contributed by atoms with Crippen LogP contribution in [0.3, 0.4) is 0 Å². The van der Waals surface area contributed by atoms with Crippen molar-refractivity contribution >= 4 is 5.91 Å². The van der Waals surface area contributed by atoms with Crippen molar-refractivity contribution in [2.75, 3.05) is 6.61 Å². The third-order valence-electron chi connectivity index (χ3n) is 4.94. The molecule has 0 aromatic rings. The minimum absolute atomic E-state index is 0.187. The lowest BCUT2D eigenvalue weighted by Gasteiger charge is -2.30. The summed E-state index contributed by atoms with van der Waals surface area (Å²) in [5.74, 6) is 2.25. The Labute approximate surface area is 110 Å². The van der Waals surface area contributed by atoms with Gasteiger partial charge in [0.2, 0.25) is 5.91 Å². The Kier molecular flexibility index (Phi) is 4.66. The van der Waals surface area contributed by atoms with Gasteiger partial charge in [-0.25, -0.2) is 0 Å². The average Bonchev–Trinajstić information content (AvgIpc) is 2.89. The zero-order chi connectivity index (χ0) is 13.1. The van der Waals surface area contributed by atoms with Crippen molar-refractivity contribution in [3.63, 3.8) is 0 Å². The zero-order valence-corrected chi connectivity index (χ0v) is 11.7. The molecule has 1 amide bonds. The topological polar surface area (TPSA) is 49.3 Å². The summed E-state index contributed by atoms with van der Waals surface area (Å²) < 4.78 is 0.